The molecule has 3 rings (SSSR count). The van der Waals surface area contributed by atoms with Gasteiger partial charge in [0.05, 0.1) is 16.5 Å². The largest absolute Gasteiger partial charge is 0.481 e. The van der Waals surface area contributed by atoms with Crippen LogP contribution in [0.4, 0.5) is 9.52 Å². The zero-order chi connectivity index (χ0) is 16.6. The van der Waals surface area contributed by atoms with Crippen molar-refractivity contribution in [3.63, 3.8) is 0 Å². The summed E-state index contributed by atoms with van der Waals surface area (Å²) in [6.45, 7) is 0. The van der Waals surface area contributed by atoms with Crippen LogP contribution >= 0.6 is 11.3 Å². The Morgan fingerprint density at radius 2 is 1.96 bits per heavy atom. The molecule has 0 unspecified atom stereocenters. The molecule has 0 aliphatic heterocycles. The Labute approximate surface area is 134 Å². The maximum atomic E-state index is 12.8. The summed E-state index contributed by atoms with van der Waals surface area (Å²) in [5.74, 6) is -3.01. The van der Waals surface area contributed by atoms with E-state index >= 15 is 0 Å². The van der Waals surface area contributed by atoms with Gasteiger partial charge in [0.2, 0.25) is 0 Å². The number of hydrogen-bond donors (Lipinski definition) is 2. The van der Waals surface area contributed by atoms with Gasteiger partial charge in [0.1, 0.15) is 5.82 Å². The Balaban J connectivity index is 1.79. The van der Waals surface area contributed by atoms with Gasteiger partial charge in [0.25, 0.3) is 5.91 Å². The van der Waals surface area contributed by atoms with E-state index in [0.29, 0.717) is 10.6 Å². The van der Waals surface area contributed by atoms with Gasteiger partial charge in [0, 0.05) is 18.4 Å². The third kappa shape index (κ3) is 3.11. The molecule has 1 aromatic carbocycles. The van der Waals surface area contributed by atoms with E-state index in [0.717, 1.165) is 11.3 Å². The van der Waals surface area contributed by atoms with Crippen LogP contribution in [0.15, 0.2) is 24.3 Å². The van der Waals surface area contributed by atoms with E-state index in [1.165, 1.54) is 24.3 Å². The summed E-state index contributed by atoms with van der Waals surface area (Å²) >= 11 is 1.02. The van der Waals surface area contributed by atoms with E-state index in [2.05, 4.69) is 10.3 Å². The van der Waals surface area contributed by atoms with Crippen molar-refractivity contribution in [2.24, 2.45) is 5.92 Å². The fourth-order valence-electron chi connectivity index (χ4n) is 2.33. The molecule has 118 valence electrons. The van der Waals surface area contributed by atoms with Crippen LogP contribution in [0.5, 0.6) is 0 Å². The van der Waals surface area contributed by atoms with Crippen LogP contribution in [-0.4, -0.2) is 27.8 Å². The Hall–Kier alpha value is -2.61. The number of carboxylic acid groups (broad SMARTS) is 1. The number of thiazole rings is 1. The maximum absolute atomic E-state index is 12.8. The van der Waals surface area contributed by atoms with Crippen molar-refractivity contribution in [2.45, 2.75) is 12.8 Å². The second-order valence-electron chi connectivity index (χ2n) is 5.12. The van der Waals surface area contributed by atoms with Crippen LogP contribution in [0.25, 0.3) is 0 Å². The molecule has 1 aliphatic rings. The monoisotopic (exact) mass is 334 g/mol. The number of carbonyl (C=O) groups is 3. The molecule has 1 amide bonds. The fraction of sp³-hybridized carbons (Fsp3) is 0.200. The van der Waals surface area contributed by atoms with Crippen molar-refractivity contribution >= 4 is 34.1 Å². The van der Waals surface area contributed by atoms with Crippen molar-refractivity contribution in [1.29, 1.82) is 0 Å². The number of amides is 1. The lowest BCUT2D eigenvalue weighted by Crippen LogP contribution is -2.25. The number of fused-ring (bicyclic) bond motifs is 1. The molecule has 0 spiro atoms. The molecule has 6 nitrogen and oxygen atoms in total. The first-order valence-corrected chi connectivity index (χ1v) is 7.58. The van der Waals surface area contributed by atoms with Crippen molar-refractivity contribution < 1.29 is 23.9 Å². The lowest BCUT2D eigenvalue weighted by molar-refractivity contribution is -0.141. The van der Waals surface area contributed by atoms with E-state index in [9.17, 15) is 18.8 Å². The average molecular weight is 334 g/mol. The molecule has 1 aliphatic carbocycles. The van der Waals surface area contributed by atoms with Gasteiger partial charge in [-0.05, 0) is 24.3 Å². The lowest BCUT2D eigenvalue weighted by atomic mass is 9.90. The summed E-state index contributed by atoms with van der Waals surface area (Å²) < 4.78 is 12.8. The van der Waals surface area contributed by atoms with Crippen LogP contribution in [0.1, 0.15) is 32.1 Å². The molecule has 0 saturated heterocycles. The molecule has 2 aromatic rings. The van der Waals surface area contributed by atoms with E-state index in [1.54, 1.807) is 0 Å². The molecule has 23 heavy (non-hydrogen) atoms. The predicted octanol–water partition coefficient (Wildman–Crippen LogP) is 2.36. The number of aromatic nitrogens is 1. The third-order valence-corrected chi connectivity index (χ3v) is 4.55. The Bertz CT molecular complexity index is 800. The fourth-order valence-corrected chi connectivity index (χ4v) is 3.27. The molecule has 0 bridgehead atoms. The number of rotatable bonds is 3. The van der Waals surface area contributed by atoms with Crippen molar-refractivity contribution in [1.82, 2.24) is 4.98 Å². The quantitative estimate of drug-likeness (QED) is 0.898. The summed E-state index contributed by atoms with van der Waals surface area (Å²) in [4.78, 5) is 39.6. The Morgan fingerprint density at radius 1 is 1.26 bits per heavy atom. The number of hydrogen-bond acceptors (Lipinski definition) is 5. The summed E-state index contributed by atoms with van der Waals surface area (Å²) in [5.41, 5.74) is 0.655. The van der Waals surface area contributed by atoms with Gasteiger partial charge in [-0.2, -0.15) is 0 Å². The molecular formula is C15H11FN2O4S. The zero-order valence-corrected chi connectivity index (χ0v) is 12.5. The zero-order valence-electron chi connectivity index (χ0n) is 11.7. The highest BCUT2D eigenvalue weighted by Gasteiger charge is 2.33. The molecule has 1 aromatic heterocycles. The summed E-state index contributed by atoms with van der Waals surface area (Å²) in [7, 11) is 0. The Kier molecular flexibility index (Phi) is 3.91. The molecular weight excluding hydrogens is 323 g/mol. The number of Topliss-reactive ketones (excluding diaryl/α,β-unsaturated/α-hetero) is 1. The number of carbonyl (C=O) groups excluding carboxylic acids is 2. The first-order valence-electron chi connectivity index (χ1n) is 6.76. The topological polar surface area (TPSA) is 96.4 Å². The van der Waals surface area contributed by atoms with Gasteiger partial charge < -0.3 is 5.11 Å². The smallest absolute Gasteiger partial charge is 0.307 e. The minimum Gasteiger partial charge on any atom is -0.481 e. The average Bonchev–Trinajstić information content (AvgIpc) is 2.90. The van der Waals surface area contributed by atoms with Crippen LogP contribution in [0.2, 0.25) is 0 Å². The van der Waals surface area contributed by atoms with Gasteiger partial charge in [-0.1, -0.05) is 11.3 Å². The number of ketones is 1. The van der Waals surface area contributed by atoms with Gasteiger partial charge in [-0.25, -0.2) is 9.37 Å². The molecule has 8 heteroatoms. The number of nitrogens with one attached hydrogen (secondary N) is 1. The van der Waals surface area contributed by atoms with Crippen molar-refractivity contribution in [3.8, 4) is 0 Å². The minimum absolute atomic E-state index is 0.0596. The lowest BCUT2D eigenvalue weighted by Gasteiger charge is -2.15. The molecule has 2 N–H and O–H groups in total. The molecule has 1 atom stereocenters. The van der Waals surface area contributed by atoms with Gasteiger partial charge in [-0.3, -0.25) is 19.7 Å². The number of halogens is 1. The van der Waals surface area contributed by atoms with E-state index in [4.69, 9.17) is 5.11 Å². The van der Waals surface area contributed by atoms with Crippen LogP contribution in [-0.2, 0) is 11.2 Å². The van der Waals surface area contributed by atoms with E-state index < -0.39 is 23.6 Å². The van der Waals surface area contributed by atoms with Crippen LogP contribution in [0, 0.1) is 11.7 Å². The third-order valence-electron chi connectivity index (χ3n) is 3.50. The minimum atomic E-state index is -1.03. The highest BCUT2D eigenvalue weighted by atomic mass is 32.1. The van der Waals surface area contributed by atoms with Crippen molar-refractivity contribution in [2.75, 3.05) is 5.32 Å². The van der Waals surface area contributed by atoms with Gasteiger partial charge >= 0.3 is 5.97 Å². The number of benzene rings is 1. The summed E-state index contributed by atoms with van der Waals surface area (Å²) in [6, 6.07) is 5.01. The van der Waals surface area contributed by atoms with Gasteiger partial charge in [-0.15, -0.1) is 0 Å². The molecule has 0 saturated carbocycles. The second kappa shape index (κ2) is 5.88. The first kappa shape index (κ1) is 15.3. The van der Waals surface area contributed by atoms with Crippen LogP contribution < -0.4 is 5.32 Å². The standard InChI is InChI=1S/C15H11FN2O4S/c16-9-3-1-7(2-4-9)13(20)18-15-17-10-5-8(14(21)22)6-11(19)12(10)23-15/h1-4,8H,5-6H2,(H,21,22)(H,17,18,20)/t8-/m1/s1. The molecule has 0 fully saturated rings. The van der Waals surface area contributed by atoms with Crippen molar-refractivity contribution in [3.05, 3.63) is 46.2 Å². The number of aliphatic carboxylic acids is 1. The number of anilines is 1. The second-order valence-corrected chi connectivity index (χ2v) is 6.12. The molecule has 1 heterocycles. The number of nitrogens with zero attached hydrogens (tertiary/aromatic N) is 1. The Morgan fingerprint density at radius 3 is 2.61 bits per heavy atom. The van der Waals surface area contributed by atoms with Gasteiger partial charge in [0.15, 0.2) is 10.9 Å². The highest BCUT2D eigenvalue weighted by molar-refractivity contribution is 7.17. The highest BCUT2D eigenvalue weighted by Crippen LogP contribution is 2.32. The van der Waals surface area contributed by atoms with Crippen LogP contribution in [0.3, 0.4) is 0 Å². The summed E-state index contributed by atoms with van der Waals surface area (Å²) in [6.07, 6.45) is 0.106. The maximum Gasteiger partial charge on any atom is 0.307 e. The first-order chi connectivity index (χ1) is 10.9. The number of carboxylic acids is 1. The predicted molar refractivity (Wildman–Crippen MR) is 80.2 cm³/mol. The van der Waals surface area contributed by atoms with E-state index in [1.807, 2.05) is 0 Å². The van der Waals surface area contributed by atoms with E-state index in [-0.39, 0.29) is 29.3 Å². The normalized spacial score (nSPS) is 16.7. The summed E-state index contributed by atoms with van der Waals surface area (Å²) in [5, 5.41) is 11.8. The SMILES string of the molecule is O=C(Nc1nc2c(s1)C(=O)C[C@H](C(=O)O)C2)c1ccc(F)cc1. The molecule has 0 radical (unpaired) electrons.